The van der Waals surface area contributed by atoms with Crippen molar-refractivity contribution in [2.75, 3.05) is 0 Å². The van der Waals surface area contributed by atoms with Crippen LogP contribution in [0.1, 0.15) is 19.3 Å². The van der Waals surface area contributed by atoms with Gasteiger partial charge in [-0.2, -0.15) is 48.3 Å². The number of hydrogen-bond acceptors (Lipinski definition) is 1. The lowest BCUT2D eigenvalue weighted by molar-refractivity contribution is -0.422. The van der Waals surface area contributed by atoms with E-state index < -0.39 is 60.7 Å². The number of aliphatic carboxylic acids is 1. The molecule has 0 aromatic heterocycles. The molecule has 0 bridgehead atoms. The molecule has 142 valence electrons. The van der Waals surface area contributed by atoms with Crippen LogP contribution in [0.3, 0.4) is 0 Å². The van der Waals surface area contributed by atoms with E-state index in [-0.39, 0.29) is 0 Å². The Hall–Kier alpha value is -1.56. The summed E-state index contributed by atoms with van der Waals surface area (Å²) in [4.78, 5) is 10.3. The summed E-state index contributed by atoms with van der Waals surface area (Å²) < 4.78 is 139. The number of halogens is 11. The Morgan fingerprint density at radius 2 is 1.21 bits per heavy atom. The van der Waals surface area contributed by atoms with E-state index in [9.17, 15) is 53.1 Å². The van der Waals surface area contributed by atoms with Gasteiger partial charge in [0.05, 0.1) is 0 Å². The van der Waals surface area contributed by atoms with Crippen LogP contribution in [0.25, 0.3) is 0 Å². The molecule has 0 radical (unpaired) electrons. The molecule has 13 heteroatoms. The van der Waals surface area contributed by atoms with Crippen molar-refractivity contribution in [3.05, 3.63) is 12.2 Å². The molecule has 0 aliphatic carbocycles. The number of alkyl halides is 11. The first-order valence-electron chi connectivity index (χ1n) is 5.82. The van der Waals surface area contributed by atoms with Crippen LogP contribution < -0.4 is 0 Å². The van der Waals surface area contributed by atoms with Gasteiger partial charge >= 0.3 is 35.8 Å². The second-order valence-electron chi connectivity index (χ2n) is 4.69. The molecule has 24 heavy (non-hydrogen) atoms. The zero-order valence-electron chi connectivity index (χ0n) is 11.3. The quantitative estimate of drug-likeness (QED) is 0.479. The molecule has 0 aromatic rings. The van der Waals surface area contributed by atoms with Gasteiger partial charge in [-0.15, -0.1) is 0 Å². The smallest absolute Gasteiger partial charge is 0.460 e. The lowest BCUT2D eigenvalue weighted by Crippen LogP contribution is -2.66. The Bertz CT molecular complexity index is 493. The average molecular weight is 382 g/mol. The highest BCUT2D eigenvalue weighted by Crippen LogP contribution is 2.58. The zero-order chi connectivity index (χ0) is 19.8. The molecule has 0 atom stereocenters. The molecule has 0 fully saturated rings. The van der Waals surface area contributed by atoms with Crippen LogP contribution in [0.15, 0.2) is 12.2 Å². The largest absolute Gasteiger partial charge is 0.478 e. The van der Waals surface area contributed by atoms with E-state index in [0.717, 1.165) is 0 Å². The first-order chi connectivity index (χ1) is 10.3. The van der Waals surface area contributed by atoms with E-state index in [1.807, 2.05) is 0 Å². The van der Waals surface area contributed by atoms with Gasteiger partial charge < -0.3 is 5.11 Å². The molecule has 0 saturated heterocycles. The summed E-state index contributed by atoms with van der Waals surface area (Å²) in [5.41, 5.74) is -0.776. The summed E-state index contributed by atoms with van der Waals surface area (Å²) in [7, 11) is 0. The van der Waals surface area contributed by atoms with Crippen molar-refractivity contribution in [2.45, 2.75) is 49.1 Å². The summed E-state index contributed by atoms with van der Waals surface area (Å²) in [6.45, 7) is 2.81. The summed E-state index contributed by atoms with van der Waals surface area (Å²) in [5.74, 6) is -29.6. The van der Waals surface area contributed by atoms with Gasteiger partial charge in [-0.1, -0.05) is 6.58 Å². The lowest BCUT2D eigenvalue weighted by atomic mass is 9.94. The third-order valence-corrected chi connectivity index (χ3v) is 2.88. The molecule has 0 spiro atoms. The lowest BCUT2D eigenvalue weighted by Gasteiger charge is -2.37. The van der Waals surface area contributed by atoms with Gasteiger partial charge in [0.1, 0.15) is 0 Å². The second-order valence-corrected chi connectivity index (χ2v) is 4.69. The van der Waals surface area contributed by atoms with Gasteiger partial charge in [0.2, 0.25) is 0 Å². The van der Waals surface area contributed by atoms with E-state index in [0.29, 0.717) is 0 Å². The van der Waals surface area contributed by atoms with Crippen molar-refractivity contribution in [1.29, 1.82) is 0 Å². The van der Waals surface area contributed by atoms with Gasteiger partial charge in [0, 0.05) is 12.0 Å². The standard InChI is InChI=1S/C11H9F11O2/c1-5(6(23)24)3-2-4-7(12,13)8(14,15)9(16,17)10(18,19)11(20,21)22/h1-4H2,(H,23,24). The van der Waals surface area contributed by atoms with Gasteiger partial charge in [-0.05, 0) is 12.8 Å². The molecular formula is C11H9F11O2. The molecule has 0 amide bonds. The van der Waals surface area contributed by atoms with Crippen molar-refractivity contribution in [3.8, 4) is 0 Å². The summed E-state index contributed by atoms with van der Waals surface area (Å²) in [6, 6.07) is 0. The minimum atomic E-state index is -7.44. The van der Waals surface area contributed by atoms with Crippen molar-refractivity contribution >= 4 is 5.97 Å². The molecule has 0 saturated carbocycles. The molecule has 0 aliphatic rings. The fraction of sp³-hybridized carbons (Fsp3) is 0.727. The van der Waals surface area contributed by atoms with E-state index in [1.165, 1.54) is 0 Å². The van der Waals surface area contributed by atoms with Gasteiger partial charge in [0.25, 0.3) is 0 Å². The molecule has 0 aliphatic heterocycles. The number of rotatable bonds is 8. The first-order valence-corrected chi connectivity index (χ1v) is 5.82. The predicted octanol–water partition coefficient (Wildman–Crippen LogP) is 4.90. The number of hydrogen-bond donors (Lipinski definition) is 1. The van der Waals surface area contributed by atoms with E-state index in [4.69, 9.17) is 5.11 Å². The van der Waals surface area contributed by atoms with Crippen LogP contribution in [-0.2, 0) is 4.79 Å². The molecule has 0 unspecified atom stereocenters. The van der Waals surface area contributed by atoms with Gasteiger partial charge in [0.15, 0.2) is 0 Å². The minimum absolute atomic E-state index is 0.776. The monoisotopic (exact) mass is 382 g/mol. The van der Waals surface area contributed by atoms with E-state index >= 15 is 0 Å². The highest BCUT2D eigenvalue weighted by atomic mass is 19.4. The SMILES string of the molecule is C=C(CCCC(F)(F)C(F)(F)C(F)(F)C(F)(F)C(F)(F)F)C(=O)O. The van der Waals surface area contributed by atoms with Gasteiger partial charge in [-0.3, -0.25) is 0 Å². The van der Waals surface area contributed by atoms with Crippen LogP contribution in [0.4, 0.5) is 48.3 Å². The molecule has 2 nitrogen and oxygen atoms in total. The Morgan fingerprint density at radius 3 is 1.54 bits per heavy atom. The fourth-order valence-electron chi connectivity index (χ4n) is 1.39. The number of carboxylic acid groups (broad SMARTS) is 1. The maximum absolute atomic E-state index is 13.2. The molecule has 1 N–H and O–H groups in total. The molecule has 0 aromatic carbocycles. The zero-order valence-corrected chi connectivity index (χ0v) is 11.3. The van der Waals surface area contributed by atoms with E-state index in [2.05, 4.69) is 6.58 Å². The maximum atomic E-state index is 13.2. The average Bonchev–Trinajstić information content (AvgIpc) is 2.35. The number of carbonyl (C=O) groups is 1. The predicted molar refractivity (Wildman–Crippen MR) is 56.5 cm³/mol. The third kappa shape index (κ3) is 3.74. The number of carboxylic acids is 1. The topological polar surface area (TPSA) is 37.3 Å². The minimum Gasteiger partial charge on any atom is -0.478 e. The van der Waals surface area contributed by atoms with Crippen LogP contribution >= 0.6 is 0 Å². The van der Waals surface area contributed by atoms with Crippen molar-refractivity contribution < 1.29 is 58.2 Å². The summed E-state index contributed by atoms with van der Waals surface area (Å²) in [5, 5.41) is 8.32. The Morgan fingerprint density at radius 1 is 0.792 bits per heavy atom. The Kier molecular flexibility index (Phi) is 5.97. The molecule has 0 rings (SSSR count). The van der Waals surface area contributed by atoms with Crippen molar-refractivity contribution in [3.63, 3.8) is 0 Å². The second kappa shape index (κ2) is 6.39. The normalized spacial score (nSPS) is 14.6. The van der Waals surface area contributed by atoms with Crippen LogP contribution in [0, 0.1) is 0 Å². The maximum Gasteiger partial charge on any atom is 0.460 e. The summed E-state index contributed by atoms with van der Waals surface area (Å²) >= 11 is 0. The van der Waals surface area contributed by atoms with Crippen LogP contribution in [-0.4, -0.2) is 40.9 Å². The Labute approximate surface area is 126 Å². The fourth-order valence-corrected chi connectivity index (χ4v) is 1.39. The van der Waals surface area contributed by atoms with Crippen molar-refractivity contribution in [1.82, 2.24) is 0 Å². The van der Waals surface area contributed by atoms with Gasteiger partial charge in [-0.25, -0.2) is 4.79 Å². The van der Waals surface area contributed by atoms with E-state index in [1.54, 1.807) is 0 Å². The van der Waals surface area contributed by atoms with Crippen molar-refractivity contribution in [2.24, 2.45) is 0 Å². The highest BCUT2D eigenvalue weighted by molar-refractivity contribution is 5.85. The highest BCUT2D eigenvalue weighted by Gasteiger charge is 2.86. The summed E-state index contributed by atoms with van der Waals surface area (Å²) in [6.07, 6.45) is -11.6. The third-order valence-electron chi connectivity index (χ3n) is 2.88. The molecule has 0 heterocycles. The van der Waals surface area contributed by atoms with Crippen LogP contribution in [0.2, 0.25) is 0 Å². The van der Waals surface area contributed by atoms with Crippen LogP contribution in [0.5, 0.6) is 0 Å². The molecular weight excluding hydrogens is 373 g/mol. The first kappa shape index (κ1) is 22.4. The Balaban J connectivity index is 5.46.